The number of halogens is 1. The topological polar surface area (TPSA) is 95.5 Å². The molecule has 80 valence electrons. The van der Waals surface area contributed by atoms with Crippen LogP contribution in [0.1, 0.15) is 10.4 Å². The van der Waals surface area contributed by atoms with Gasteiger partial charge in [0.15, 0.2) is 0 Å². The van der Waals surface area contributed by atoms with Crippen molar-refractivity contribution in [2.75, 3.05) is 7.11 Å². The van der Waals surface area contributed by atoms with Gasteiger partial charge in [-0.05, 0) is 0 Å². The Kier molecular flexibility index (Phi) is 2.84. The van der Waals surface area contributed by atoms with Gasteiger partial charge >= 0.3 is 5.69 Å². The Morgan fingerprint density at radius 3 is 2.60 bits per heavy atom. The monoisotopic (exact) mass is 214 g/mol. The summed E-state index contributed by atoms with van der Waals surface area (Å²) in [7, 11) is 1.20. The fourth-order valence-electron chi connectivity index (χ4n) is 1.04. The highest BCUT2D eigenvalue weighted by Gasteiger charge is 2.21. The quantitative estimate of drug-likeness (QED) is 0.595. The van der Waals surface area contributed by atoms with Crippen molar-refractivity contribution < 1.29 is 18.8 Å². The zero-order valence-corrected chi connectivity index (χ0v) is 7.69. The minimum absolute atomic E-state index is 0.134. The number of methoxy groups -OCH3 is 1. The Morgan fingerprint density at radius 2 is 2.20 bits per heavy atom. The predicted octanol–water partition coefficient (Wildman–Crippen LogP) is 0.841. The Hall–Kier alpha value is -2.18. The Labute approximate surface area is 83.6 Å². The number of ether oxygens (including phenoxy) is 1. The van der Waals surface area contributed by atoms with Crippen LogP contribution < -0.4 is 10.5 Å². The molecule has 0 aliphatic carbocycles. The van der Waals surface area contributed by atoms with Crippen LogP contribution in [0.25, 0.3) is 0 Å². The van der Waals surface area contributed by atoms with Gasteiger partial charge in [0, 0.05) is 12.1 Å². The summed E-state index contributed by atoms with van der Waals surface area (Å²) < 4.78 is 17.7. The molecule has 1 aromatic carbocycles. The number of carbonyl (C=O) groups excluding carboxylic acids is 1. The molecule has 0 aromatic heterocycles. The first-order valence-corrected chi connectivity index (χ1v) is 3.79. The summed E-state index contributed by atoms with van der Waals surface area (Å²) in [5.41, 5.74) is 3.90. The minimum Gasteiger partial charge on any atom is -0.496 e. The van der Waals surface area contributed by atoms with E-state index in [4.69, 9.17) is 5.73 Å². The van der Waals surface area contributed by atoms with E-state index in [9.17, 15) is 19.3 Å². The van der Waals surface area contributed by atoms with E-state index < -0.39 is 22.3 Å². The van der Waals surface area contributed by atoms with Crippen molar-refractivity contribution in [2.24, 2.45) is 5.73 Å². The number of nitro benzene ring substituents is 1. The number of amides is 1. The molecular weight excluding hydrogens is 207 g/mol. The fourth-order valence-corrected chi connectivity index (χ4v) is 1.04. The third-order valence-corrected chi connectivity index (χ3v) is 1.73. The predicted molar refractivity (Wildman–Crippen MR) is 48.1 cm³/mol. The maximum Gasteiger partial charge on any atom is 0.305 e. The molecule has 0 atom stereocenters. The van der Waals surface area contributed by atoms with E-state index >= 15 is 0 Å². The van der Waals surface area contributed by atoms with Gasteiger partial charge in [-0.15, -0.1) is 0 Å². The maximum atomic E-state index is 13.1. The normalized spacial score (nSPS) is 9.73. The zero-order chi connectivity index (χ0) is 11.6. The molecule has 0 radical (unpaired) electrons. The van der Waals surface area contributed by atoms with E-state index in [1.165, 1.54) is 7.11 Å². The smallest absolute Gasteiger partial charge is 0.305 e. The third kappa shape index (κ3) is 2.01. The molecule has 0 saturated carbocycles. The van der Waals surface area contributed by atoms with Gasteiger partial charge in [0.1, 0.15) is 5.75 Å². The van der Waals surface area contributed by atoms with Gasteiger partial charge in [-0.2, -0.15) is 4.39 Å². The highest BCUT2D eigenvalue weighted by Crippen LogP contribution is 2.26. The summed E-state index contributed by atoms with van der Waals surface area (Å²) in [5, 5.41) is 10.4. The summed E-state index contributed by atoms with van der Waals surface area (Å²) >= 11 is 0. The number of nitro groups is 1. The summed E-state index contributed by atoms with van der Waals surface area (Å²) in [5.74, 6) is -2.14. The number of nitrogens with two attached hydrogens (primary N) is 1. The van der Waals surface area contributed by atoms with Crippen LogP contribution in [-0.2, 0) is 0 Å². The average Bonchev–Trinajstić information content (AvgIpc) is 2.16. The molecule has 0 unspecified atom stereocenters. The van der Waals surface area contributed by atoms with Crippen molar-refractivity contribution in [2.45, 2.75) is 0 Å². The van der Waals surface area contributed by atoms with Crippen molar-refractivity contribution >= 4 is 11.6 Å². The number of hydrogen-bond acceptors (Lipinski definition) is 4. The molecule has 0 saturated heterocycles. The van der Waals surface area contributed by atoms with Gasteiger partial charge in [-0.3, -0.25) is 14.9 Å². The first kappa shape index (κ1) is 10.9. The molecule has 2 N–H and O–H groups in total. The van der Waals surface area contributed by atoms with E-state index in [0.29, 0.717) is 0 Å². The Bertz CT molecular complexity index is 433. The zero-order valence-electron chi connectivity index (χ0n) is 7.69. The minimum atomic E-state index is -1.08. The molecule has 0 spiro atoms. The molecule has 0 fully saturated rings. The molecule has 6 nitrogen and oxygen atoms in total. The van der Waals surface area contributed by atoms with Gasteiger partial charge in [0.25, 0.3) is 5.91 Å². The van der Waals surface area contributed by atoms with Gasteiger partial charge in [0.2, 0.25) is 5.82 Å². The van der Waals surface area contributed by atoms with Crippen LogP contribution in [-0.4, -0.2) is 17.9 Å². The summed E-state index contributed by atoms with van der Waals surface area (Å²) in [6, 6.07) is 1.49. The number of benzene rings is 1. The lowest BCUT2D eigenvalue weighted by molar-refractivity contribution is -0.387. The lowest BCUT2D eigenvalue weighted by atomic mass is 10.1. The molecule has 0 aliphatic heterocycles. The van der Waals surface area contributed by atoms with Crippen molar-refractivity contribution in [1.82, 2.24) is 0 Å². The second-order valence-electron chi connectivity index (χ2n) is 2.63. The van der Waals surface area contributed by atoms with Crippen LogP contribution in [0.2, 0.25) is 0 Å². The van der Waals surface area contributed by atoms with E-state index in [1.807, 2.05) is 0 Å². The lowest BCUT2D eigenvalue weighted by Gasteiger charge is -2.05. The lowest BCUT2D eigenvalue weighted by Crippen LogP contribution is -2.13. The molecule has 0 aliphatic rings. The fraction of sp³-hybridized carbons (Fsp3) is 0.125. The van der Waals surface area contributed by atoms with Crippen molar-refractivity contribution in [1.29, 1.82) is 0 Å². The van der Waals surface area contributed by atoms with Crippen LogP contribution >= 0.6 is 0 Å². The number of nitrogens with zero attached hydrogens (tertiary/aromatic N) is 1. The van der Waals surface area contributed by atoms with Crippen molar-refractivity contribution in [3.8, 4) is 5.75 Å². The number of hydrogen-bond donors (Lipinski definition) is 1. The molecule has 0 heterocycles. The molecule has 1 aromatic rings. The van der Waals surface area contributed by atoms with E-state index in [1.54, 1.807) is 0 Å². The molecular formula is C8H7FN2O4. The second kappa shape index (κ2) is 3.91. The number of primary amides is 1. The van der Waals surface area contributed by atoms with Crippen molar-refractivity contribution in [3.05, 3.63) is 33.6 Å². The SMILES string of the molecule is COc1cc(F)c([N+](=O)[O-])cc1C(N)=O. The molecule has 15 heavy (non-hydrogen) atoms. The van der Waals surface area contributed by atoms with Crippen LogP contribution in [0.4, 0.5) is 10.1 Å². The molecule has 7 heteroatoms. The van der Waals surface area contributed by atoms with Crippen LogP contribution in [0.15, 0.2) is 12.1 Å². The highest BCUT2D eigenvalue weighted by molar-refractivity contribution is 5.96. The molecule has 0 bridgehead atoms. The van der Waals surface area contributed by atoms with E-state index in [2.05, 4.69) is 4.74 Å². The average molecular weight is 214 g/mol. The summed E-state index contributed by atoms with van der Waals surface area (Å²) in [6.45, 7) is 0. The van der Waals surface area contributed by atoms with Crippen LogP contribution in [0.3, 0.4) is 0 Å². The first-order chi connectivity index (χ1) is 6.97. The van der Waals surface area contributed by atoms with Crippen LogP contribution in [0.5, 0.6) is 5.75 Å². The largest absolute Gasteiger partial charge is 0.496 e. The maximum absolute atomic E-state index is 13.1. The molecule has 1 rings (SSSR count). The first-order valence-electron chi connectivity index (χ1n) is 3.79. The Balaban J connectivity index is 3.43. The number of rotatable bonds is 3. The van der Waals surface area contributed by atoms with Crippen molar-refractivity contribution in [3.63, 3.8) is 0 Å². The Morgan fingerprint density at radius 1 is 1.60 bits per heavy atom. The second-order valence-corrected chi connectivity index (χ2v) is 2.63. The van der Waals surface area contributed by atoms with E-state index in [0.717, 1.165) is 12.1 Å². The third-order valence-electron chi connectivity index (χ3n) is 1.73. The van der Waals surface area contributed by atoms with Gasteiger partial charge in [-0.25, -0.2) is 0 Å². The summed E-state index contributed by atoms with van der Waals surface area (Å²) in [6.07, 6.45) is 0. The number of carbonyl (C=O) groups is 1. The summed E-state index contributed by atoms with van der Waals surface area (Å²) in [4.78, 5) is 20.3. The van der Waals surface area contributed by atoms with Gasteiger partial charge in [0.05, 0.1) is 17.6 Å². The van der Waals surface area contributed by atoms with Gasteiger partial charge in [-0.1, -0.05) is 0 Å². The molecule has 1 amide bonds. The highest BCUT2D eigenvalue weighted by atomic mass is 19.1. The van der Waals surface area contributed by atoms with Crippen LogP contribution in [0, 0.1) is 15.9 Å². The van der Waals surface area contributed by atoms with Gasteiger partial charge < -0.3 is 10.5 Å². The van der Waals surface area contributed by atoms with E-state index in [-0.39, 0.29) is 11.3 Å². The standard InChI is InChI=1S/C8H7FN2O4/c1-15-7-3-5(9)6(11(13)14)2-4(7)8(10)12/h2-3H,1H3,(H2,10,12).